The zero-order chi connectivity index (χ0) is 14.3. The third-order valence-corrected chi connectivity index (χ3v) is 2.72. The van der Waals surface area contributed by atoms with Crippen molar-refractivity contribution in [1.29, 1.82) is 0 Å². The molecule has 2 unspecified atom stereocenters. The van der Waals surface area contributed by atoms with Gasteiger partial charge in [0.05, 0.1) is 25.9 Å². The van der Waals surface area contributed by atoms with Gasteiger partial charge in [-0.2, -0.15) is 0 Å². The minimum absolute atomic E-state index is 0.146. The van der Waals surface area contributed by atoms with Gasteiger partial charge in [0.15, 0.2) is 6.29 Å². The molecule has 9 nitrogen and oxygen atoms in total. The Kier molecular flexibility index (Phi) is 7.03. The van der Waals surface area contributed by atoms with Gasteiger partial charge >= 0.3 is 0 Å². The van der Waals surface area contributed by atoms with Crippen LogP contribution in [0.25, 0.3) is 10.4 Å². The normalized spacial score (nSPS) is 34.8. The summed E-state index contributed by atoms with van der Waals surface area (Å²) in [7, 11) is 0. The molecule has 19 heavy (non-hydrogen) atoms. The molecule has 1 fully saturated rings. The van der Waals surface area contributed by atoms with Crippen molar-refractivity contribution in [2.24, 2.45) is 5.11 Å². The zero-order valence-electron chi connectivity index (χ0n) is 10.6. The van der Waals surface area contributed by atoms with Crippen LogP contribution in [0.5, 0.6) is 0 Å². The van der Waals surface area contributed by atoms with E-state index in [1.165, 1.54) is 0 Å². The van der Waals surface area contributed by atoms with Gasteiger partial charge in [0, 0.05) is 11.5 Å². The molecule has 1 aliphatic heterocycles. The fourth-order valence-corrected chi connectivity index (χ4v) is 1.63. The van der Waals surface area contributed by atoms with Crippen molar-refractivity contribution in [3.05, 3.63) is 10.4 Å². The molecule has 0 radical (unpaired) electrons. The number of nitrogens with zero attached hydrogens (tertiary/aromatic N) is 3. The molecule has 0 bridgehead atoms. The maximum absolute atomic E-state index is 9.64. The predicted molar refractivity (Wildman–Crippen MR) is 63.1 cm³/mol. The second kappa shape index (κ2) is 8.28. The summed E-state index contributed by atoms with van der Waals surface area (Å²) >= 11 is 0. The van der Waals surface area contributed by atoms with Crippen molar-refractivity contribution >= 4 is 0 Å². The molecule has 5 atom stereocenters. The zero-order valence-corrected chi connectivity index (χ0v) is 10.6. The van der Waals surface area contributed by atoms with E-state index in [1.807, 2.05) is 0 Å². The molecule has 0 aromatic rings. The Morgan fingerprint density at radius 1 is 1.16 bits per heavy atom. The Hall–Kier alpha value is -0.930. The van der Waals surface area contributed by atoms with Gasteiger partial charge in [-0.05, 0) is 12.5 Å². The van der Waals surface area contributed by atoms with Crippen LogP contribution in [0.1, 0.15) is 6.92 Å². The average molecular weight is 277 g/mol. The number of hydrogen-bond donors (Lipinski definition) is 3. The van der Waals surface area contributed by atoms with Crippen LogP contribution >= 0.6 is 0 Å². The summed E-state index contributed by atoms with van der Waals surface area (Å²) in [6.45, 7) is 2.47. The van der Waals surface area contributed by atoms with E-state index in [2.05, 4.69) is 10.0 Å². The molecule has 1 saturated heterocycles. The molecule has 0 saturated carbocycles. The van der Waals surface area contributed by atoms with Gasteiger partial charge in [-0.25, -0.2) is 0 Å². The van der Waals surface area contributed by atoms with E-state index in [4.69, 9.17) is 19.7 Å². The van der Waals surface area contributed by atoms with Crippen molar-refractivity contribution in [2.75, 3.05) is 26.4 Å². The average Bonchev–Trinajstić information content (AvgIpc) is 2.41. The second-order valence-electron chi connectivity index (χ2n) is 4.12. The maximum Gasteiger partial charge on any atom is 0.186 e. The Balaban J connectivity index is 2.20. The molecule has 1 heterocycles. The van der Waals surface area contributed by atoms with E-state index < -0.39 is 30.7 Å². The van der Waals surface area contributed by atoms with Crippen LogP contribution in [0.15, 0.2) is 5.11 Å². The van der Waals surface area contributed by atoms with E-state index >= 15 is 0 Å². The third-order valence-electron chi connectivity index (χ3n) is 2.72. The fourth-order valence-electron chi connectivity index (χ4n) is 1.63. The number of azide groups is 1. The molecule has 1 aliphatic rings. The highest BCUT2D eigenvalue weighted by Gasteiger charge is 2.42. The van der Waals surface area contributed by atoms with Crippen LogP contribution in [0.4, 0.5) is 0 Å². The molecule has 3 N–H and O–H groups in total. The second-order valence-corrected chi connectivity index (χ2v) is 4.12. The molecule has 0 amide bonds. The highest BCUT2D eigenvalue weighted by Crippen LogP contribution is 2.21. The maximum atomic E-state index is 9.64. The summed E-state index contributed by atoms with van der Waals surface area (Å²) in [6, 6.07) is 0. The topological polar surface area (TPSA) is 137 Å². The SMILES string of the molecule is C[C@@H]1OC(OCCOCCN=[N+]=[N-])[C@@H](O)C(O)[C@H]1O. The van der Waals surface area contributed by atoms with Crippen LogP contribution in [-0.4, -0.2) is 72.4 Å². The van der Waals surface area contributed by atoms with E-state index in [0.717, 1.165) is 0 Å². The smallest absolute Gasteiger partial charge is 0.186 e. The van der Waals surface area contributed by atoms with Gasteiger partial charge in [0.2, 0.25) is 0 Å². The quantitative estimate of drug-likeness (QED) is 0.240. The highest BCUT2D eigenvalue weighted by molar-refractivity contribution is 4.87. The molecule has 0 spiro atoms. The number of rotatable bonds is 7. The first-order valence-electron chi connectivity index (χ1n) is 5.97. The van der Waals surface area contributed by atoms with Gasteiger partial charge in [-0.15, -0.1) is 0 Å². The molecular formula is C10H19N3O6. The first kappa shape index (κ1) is 16.1. The molecule has 1 rings (SSSR count). The molecule has 0 aromatic heterocycles. The van der Waals surface area contributed by atoms with Crippen LogP contribution in [0, 0.1) is 0 Å². The lowest BCUT2D eigenvalue weighted by Gasteiger charge is -2.38. The van der Waals surface area contributed by atoms with Crippen molar-refractivity contribution in [3.8, 4) is 0 Å². The summed E-state index contributed by atoms with van der Waals surface area (Å²) in [5.74, 6) is 0. The van der Waals surface area contributed by atoms with Gasteiger partial charge in [0.1, 0.15) is 18.3 Å². The van der Waals surface area contributed by atoms with Crippen LogP contribution in [0.2, 0.25) is 0 Å². The number of ether oxygens (including phenoxy) is 3. The number of aliphatic hydroxyl groups is 3. The Morgan fingerprint density at radius 2 is 1.89 bits per heavy atom. The molecule has 9 heteroatoms. The van der Waals surface area contributed by atoms with Crippen molar-refractivity contribution in [3.63, 3.8) is 0 Å². The summed E-state index contributed by atoms with van der Waals surface area (Å²) < 4.78 is 15.5. The first-order valence-corrected chi connectivity index (χ1v) is 5.97. The largest absolute Gasteiger partial charge is 0.388 e. The van der Waals surface area contributed by atoms with E-state index in [9.17, 15) is 15.3 Å². The Bertz CT molecular complexity index is 312. The van der Waals surface area contributed by atoms with Crippen LogP contribution < -0.4 is 0 Å². The van der Waals surface area contributed by atoms with Crippen LogP contribution in [-0.2, 0) is 14.2 Å². The summed E-state index contributed by atoms with van der Waals surface area (Å²) in [4.78, 5) is 2.57. The highest BCUT2D eigenvalue weighted by atomic mass is 16.7. The number of hydrogen-bond acceptors (Lipinski definition) is 7. The minimum atomic E-state index is -1.31. The van der Waals surface area contributed by atoms with Gasteiger partial charge in [-0.1, -0.05) is 5.11 Å². The van der Waals surface area contributed by atoms with E-state index in [-0.39, 0.29) is 26.4 Å². The molecule has 110 valence electrons. The Morgan fingerprint density at radius 3 is 2.58 bits per heavy atom. The lowest BCUT2D eigenvalue weighted by molar-refractivity contribution is -0.294. The molecule has 0 aromatic carbocycles. The van der Waals surface area contributed by atoms with E-state index in [1.54, 1.807) is 6.92 Å². The lowest BCUT2D eigenvalue weighted by Crippen LogP contribution is -2.57. The van der Waals surface area contributed by atoms with Crippen molar-refractivity contribution in [1.82, 2.24) is 0 Å². The van der Waals surface area contributed by atoms with Crippen LogP contribution in [0.3, 0.4) is 0 Å². The molecule has 0 aliphatic carbocycles. The molecular weight excluding hydrogens is 258 g/mol. The van der Waals surface area contributed by atoms with Crippen molar-refractivity contribution in [2.45, 2.75) is 37.6 Å². The monoisotopic (exact) mass is 277 g/mol. The fraction of sp³-hybridized carbons (Fsp3) is 1.00. The van der Waals surface area contributed by atoms with Gasteiger partial charge in [-0.3, -0.25) is 0 Å². The summed E-state index contributed by atoms with van der Waals surface area (Å²) in [5.41, 5.74) is 8.03. The standard InChI is InChI=1S/C10H19N3O6/c1-6-7(14)8(15)9(16)10(19-6)18-5-4-17-3-2-12-13-11/h6-10,14-16H,2-5H2,1H3/t6-,7-,8?,9-,10?/m0/s1. The summed E-state index contributed by atoms with van der Waals surface area (Å²) in [6.07, 6.45) is -5.40. The van der Waals surface area contributed by atoms with Gasteiger partial charge < -0.3 is 29.5 Å². The number of aliphatic hydroxyl groups excluding tert-OH is 3. The predicted octanol–water partition coefficient (Wildman–Crippen LogP) is -0.843. The van der Waals surface area contributed by atoms with E-state index in [0.29, 0.717) is 0 Å². The lowest BCUT2D eigenvalue weighted by atomic mass is 10.0. The third kappa shape index (κ3) is 4.92. The van der Waals surface area contributed by atoms with Crippen molar-refractivity contribution < 1.29 is 29.5 Å². The summed E-state index contributed by atoms with van der Waals surface area (Å²) in [5, 5.41) is 32.0. The Labute approximate surface area is 110 Å². The first-order chi connectivity index (χ1) is 9.07. The van der Waals surface area contributed by atoms with Gasteiger partial charge in [0.25, 0.3) is 0 Å². The minimum Gasteiger partial charge on any atom is -0.388 e.